The number of carboxylic acid groups (broad SMARTS) is 1. The Hall–Kier alpha value is -4.14. The molecule has 0 radical (unpaired) electrons. The van der Waals surface area contributed by atoms with E-state index in [1.165, 1.54) is 4.90 Å². The summed E-state index contributed by atoms with van der Waals surface area (Å²) in [5, 5.41) is 18.2. The van der Waals surface area contributed by atoms with Gasteiger partial charge in [0.15, 0.2) is 0 Å². The van der Waals surface area contributed by atoms with Gasteiger partial charge in [-0.25, -0.2) is 9.31 Å². The molecule has 3 heterocycles. The summed E-state index contributed by atoms with van der Waals surface area (Å²) in [6, 6.07) is 14.1. The zero-order valence-electron chi connectivity index (χ0n) is 21.4. The quantitative estimate of drug-likeness (QED) is 0.365. The lowest BCUT2D eigenvalue weighted by atomic mass is 9.76. The maximum absolute atomic E-state index is 13.0. The van der Waals surface area contributed by atoms with Crippen LogP contribution in [-0.4, -0.2) is 49.2 Å². The van der Waals surface area contributed by atoms with Crippen LogP contribution in [0.2, 0.25) is 0 Å². The first-order chi connectivity index (χ1) is 17.5. The number of carbonyl (C=O) groups excluding carboxylic acids is 1. The minimum atomic E-state index is -0.923. The molecule has 2 unspecified atom stereocenters. The van der Waals surface area contributed by atoms with E-state index < -0.39 is 6.09 Å². The third-order valence-corrected chi connectivity index (χ3v) is 7.29. The largest absolute Gasteiger partial charge is 0.465 e. The summed E-state index contributed by atoms with van der Waals surface area (Å²) < 4.78 is 1.74. The van der Waals surface area contributed by atoms with Crippen molar-refractivity contribution in [3.8, 4) is 0 Å². The van der Waals surface area contributed by atoms with Crippen molar-refractivity contribution in [2.75, 3.05) is 11.9 Å². The van der Waals surface area contributed by atoms with E-state index in [0.29, 0.717) is 47.2 Å². The number of likely N-dealkylation sites (tertiary alicyclic amines) is 1. The number of carbonyl (C=O) groups is 2. The van der Waals surface area contributed by atoms with E-state index in [2.05, 4.69) is 10.3 Å². The van der Waals surface area contributed by atoms with Gasteiger partial charge in [-0.05, 0) is 49.4 Å². The second kappa shape index (κ2) is 9.06. The van der Waals surface area contributed by atoms with Crippen molar-refractivity contribution in [3.05, 3.63) is 75.7 Å². The third-order valence-electron chi connectivity index (χ3n) is 7.29. The number of fused-ring (bicyclic) bond motifs is 3. The van der Waals surface area contributed by atoms with E-state index >= 15 is 0 Å². The smallest absolute Gasteiger partial charge is 0.407 e. The average Bonchev–Trinajstić information content (AvgIpc) is 3.22. The number of anilines is 1. The summed E-state index contributed by atoms with van der Waals surface area (Å²) in [6.07, 6.45) is 0.250. The Labute approximate surface area is 214 Å². The molecule has 2 amide bonds. The number of nitrogens with zero attached hydrogens (tertiary/aromatic N) is 3. The Morgan fingerprint density at radius 1 is 1.14 bits per heavy atom. The van der Waals surface area contributed by atoms with Crippen LogP contribution in [-0.2, 0) is 0 Å². The highest BCUT2D eigenvalue weighted by molar-refractivity contribution is 6.11. The van der Waals surface area contributed by atoms with Crippen molar-refractivity contribution < 1.29 is 14.7 Å². The van der Waals surface area contributed by atoms with Crippen LogP contribution in [0, 0.1) is 12.3 Å². The van der Waals surface area contributed by atoms with Gasteiger partial charge < -0.3 is 20.3 Å². The number of amides is 2. The van der Waals surface area contributed by atoms with E-state index in [1.807, 2.05) is 52.0 Å². The number of aromatic amines is 1. The summed E-state index contributed by atoms with van der Waals surface area (Å²) in [7, 11) is 0. The third kappa shape index (κ3) is 4.57. The molecule has 1 saturated heterocycles. The van der Waals surface area contributed by atoms with Crippen LogP contribution < -0.4 is 10.9 Å². The first kappa shape index (κ1) is 24.5. The molecule has 1 aliphatic rings. The Bertz CT molecular complexity index is 1560. The molecule has 0 bridgehead atoms. The maximum Gasteiger partial charge on any atom is 0.407 e. The van der Waals surface area contributed by atoms with E-state index in [4.69, 9.17) is 5.10 Å². The highest BCUT2D eigenvalue weighted by atomic mass is 16.4. The second-order valence-corrected chi connectivity index (χ2v) is 10.9. The van der Waals surface area contributed by atoms with E-state index in [1.54, 1.807) is 28.8 Å². The van der Waals surface area contributed by atoms with Gasteiger partial charge in [0, 0.05) is 30.1 Å². The number of aromatic nitrogens is 3. The molecule has 0 saturated carbocycles. The molecule has 9 nitrogen and oxygen atoms in total. The number of hydrogen-bond acceptors (Lipinski definition) is 4. The zero-order chi connectivity index (χ0) is 26.5. The summed E-state index contributed by atoms with van der Waals surface area (Å²) in [6.45, 7) is 8.46. The molecule has 5 rings (SSSR count). The van der Waals surface area contributed by atoms with Crippen LogP contribution in [0.15, 0.2) is 53.3 Å². The monoisotopic (exact) mass is 501 g/mol. The van der Waals surface area contributed by atoms with Gasteiger partial charge in [-0.2, -0.15) is 5.10 Å². The zero-order valence-corrected chi connectivity index (χ0v) is 21.4. The number of hydrogen-bond donors (Lipinski definition) is 3. The predicted octanol–water partition coefficient (Wildman–Crippen LogP) is 5.01. The van der Waals surface area contributed by atoms with Crippen molar-refractivity contribution >= 4 is 34.2 Å². The van der Waals surface area contributed by atoms with Crippen molar-refractivity contribution in [2.24, 2.45) is 5.41 Å². The molecule has 0 aliphatic carbocycles. The number of H-pyrrole nitrogens is 1. The molecule has 2 aromatic heterocycles. The van der Waals surface area contributed by atoms with Gasteiger partial charge in [-0.15, -0.1) is 0 Å². The lowest BCUT2D eigenvalue weighted by Gasteiger charge is -2.44. The van der Waals surface area contributed by atoms with Crippen molar-refractivity contribution in [3.63, 3.8) is 0 Å². The summed E-state index contributed by atoms with van der Waals surface area (Å²) in [5.74, 6) is -0.302. The molecule has 1 fully saturated rings. The van der Waals surface area contributed by atoms with Crippen LogP contribution in [0.25, 0.3) is 16.6 Å². The first-order valence-corrected chi connectivity index (χ1v) is 12.4. The van der Waals surface area contributed by atoms with Crippen molar-refractivity contribution in [1.29, 1.82) is 0 Å². The SMILES string of the molecule is Cc1ccc(C(=O)Nc2cccc3nn4c(C5CCN(C(=O)O)C(C(C)(C)C)C5)cc(=O)[nH]c4c23)cc1. The van der Waals surface area contributed by atoms with Gasteiger partial charge in [0.2, 0.25) is 0 Å². The summed E-state index contributed by atoms with van der Waals surface area (Å²) >= 11 is 0. The van der Waals surface area contributed by atoms with Crippen LogP contribution in [0.3, 0.4) is 0 Å². The minimum Gasteiger partial charge on any atom is -0.465 e. The molecular weight excluding hydrogens is 470 g/mol. The fraction of sp³-hybridized carbons (Fsp3) is 0.357. The minimum absolute atomic E-state index is 0.0514. The highest BCUT2D eigenvalue weighted by Crippen LogP contribution is 2.39. The normalized spacial score (nSPS) is 18.3. The van der Waals surface area contributed by atoms with Crippen LogP contribution in [0.4, 0.5) is 10.5 Å². The molecule has 2 aromatic carbocycles. The van der Waals surface area contributed by atoms with Crippen LogP contribution in [0.1, 0.15) is 61.1 Å². The summed E-state index contributed by atoms with van der Waals surface area (Å²) in [4.78, 5) is 42.1. The number of benzene rings is 2. The predicted molar refractivity (Wildman–Crippen MR) is 142 cm³/mol. The van der Waals surface area contributed by atoms with Crippen molar-refractivity contribution in [2.45, 2.75) is 52.5 Å². The van der Waals surface area contributed by atoms with Gasteiger partial charge in [-0.3, -0.25) is 9.59 Å². The lowest BCUT2D eigenvalue weighted by molar-refractivity contribution is 0.0518. The highest BCUT2D eigenvalue weighted by Gasteiger charge is 2.40. The molecule has 4 aromatic rings. The Kier molecular flexibility index (Phi) is 6.01. The van der Waals surface area contributed by atoms with E-state index in [0.717, 1.165) is 11.3 Å². The molecule has 37 heavy (non-hydrogen) atoms. The van der Waals surface area contributed by atoms with E-state index in [9.17, 15) is 19.5 Å². The molecular formula is C28H31N5O4. The Balaban J connectivity index is 1.58. The van der Waals surface area contributed by atoms with Gasteiger partial charge >= 0.3 is 6.09 Å². The van der Waals surface area contributed by atoms with Crippen molar-refractivity contribution in [1.82, 2.24) is 19.5 Å². The molecule has 2 atom stereocenters. The fourth-order valence-corrected chi connectivity index (χ4v) is 5.36. The molecule has 0 spiro atoms. The molecule has 3 N–H and O–H groups in total. The maximum atomic E-state index is 13.0. The average molecular weight is 502 g/mol. The number of aryl methyl sites for hydroxylation is 1. The van der Waals surface area contributed by atoms with Gasteiger partial charge in [0.25, 0.3) is 11.5 Å². The topological polar surface area (TPSA) is 120 Å². The van der Waals surface area contributed by atoms with Gasteiger partial charge in [0.05, 0.1) is 22.3 Å². The number of rotatable bonds is 3. The fourth-order valence-electron chi connectivity index (χ4n) is 5.36. The van der Waals surface area contributed by atoms with Gasteiger partial charge in [0.1, 0.15) is 5.65 Å². The molecule has 192 valence electrons. The number of piperidine rings is 1. The second-order valence-electron chi connectivity index (χ2n) is 10.9. The van der Waals surface area contributed by atoms with Gasteiger partial charge in [-0.1, -0.05) is 44.5 Å². The standard InChI is InChI=1S/C28H31N5O4/c1-16-8-10-17(11-9-16)26(35)29-19-6-5-7-20-24(19)25-30-23(34)15-21(33(25)31-20)18-12-13-32(27(36)37)22(14-18)28(2,3)4/h5-11,15,18,22H,12-14H2,1-4H3,(H,29,35)(H,30,34)(H,36,37). The Morgan fingerprint density at radius 3 is 2.54 bits per heavy atom. The first-order valence-electron chi connectivity index (χ1n) is 12.4. The van der Waals surface area contributed by atoms with Crippen LogP contribution >= 0.6 is 0 Å². The summed E-state index contributed by atoms with van der Waals surface area (Å²) in [5.41, 5.74) is 3.51. The Morgan fingerprint density at radius 2 is 1.86 bits per heavy atom. The lowest BCUT2D eigenvalue weighted by Crippen LogP contribution is -2.51. The number of nitrogens with one attached hydrogen (secondary N) is 2. The molecule has 1 aliphatic heterocycles. The van der Waals surface area contributed by atoms with E-state index in [-0.39, 0.29) is 28.8 Å². The molecule has 9 heteroatoms. The van der Waals surface area contributed by atoms with Crippen LogP contribution in [0.5, 0.6) is 0 Å².